The fourth-order valence-corrected chi connectivity index (χ4v) is 0.838. The summed E-state index contributed by atoms with van der Waals surface area (Å²) in [5.74, 6) is 1.76. The van der Waals surface area contributed by atoms with Crippen LogP contribution in [0.2, 0.25) is 0 Å². The highest BCUT2D eigenvalue weighted by molar-refractivity contribution is 7.81. The molecule has 76 valence electrons. The summed E-state index contributed by atoms with van der Waals surface area (Å²) in [5, 5.41) is 0. The standard InChI is InChI=1S/C5H5F3O4S/c1-2-3-11-13(9,10)12-4-5(6,7)8/h1H,3-4H2. The quantitative estimate of drug-likeness (QED) is 0.643. The van der Waals surface area contributed by atoms with Gasteiger partial charge in [0.25, 0.3) is 0 Å². The van der Waals surface area contributed by atoms with Crippen molar-refractivity contribution >= 4 is 10.4 Å². The zero-order valence-corrected chi connectivity index (χ0v) is 6.98. The highest BCUT2D eigenvalue weighted by Gasteiger charge is 2.31. The second-order valence-corrected chi connectivity index (χ2v) is 3.04. The van der Waals surface area contributed by atoms with Crippen LogP contribution in [0.3, 0.4) is 0 Å². The zero-order chi connectivity index (χ0) is 10.5. The molecule has 0 fully saturated rings. The Bertz CT molecular complexity index is 286. The Labute approximate surface area is 73.0 Å². The molecule has 0 saturated carbocycles. The minimum absolute atomic E-state index is 0.666. The van der Waals surface area contributed by atoms with Crippen molar-refractivity contribution in [2.75, 3.05) is 13.2 Å². The third-order valence-corrected chi connectivity index (χ3v) is 1.47. The maximum absolute atomic E-state index is 11.4. The topological polar surface area (TPSA) is 52.6 Å². The largest absolute Gasteiger partial charge is 0.413 e. The number of hydrogen-bond acceptors (Lipinski definition) is 4. The number of halogens is 3. The van der Waals surface area contributed by atoms with Crippen LogP contribution in [0.1, 0.15) is 0 Å². The Morgan fingerprint density at radius 2 is 1.85 bits per heavy atom. The SMILES string of the molecule is C#CCOS(=O)(=O)OCC(F)(F)F. The minimum atomic E-state index is -4.73. The molecule has 0 aliphatic rings. The Morgan fingerprint density at radius 1 is 1.31 bits per heavy atom. The van der Waals surface area contributed by atoms with E-state index in [0.717, 1.165) is 0 Å². The smallest absolute Gasteiger partial charge is 0.239 e. The lowest BCUT2D eigenvalue weighted by molar-refractivity contribution is -0.154. The predicted molar refractivity (Wildman–Crippen MR) is 35.7 cm³/mol. The van der Waals surface area contributed by atoms with Gasteiger partial charge in [-0.1, -0.05) is 5.92 Å². The van der Waals surface area contributed by atoms with Crippen molar-refractivity contribution in [3.05, 3.63) is 0 Å². The van der Waals surface area contributed by atoms with Crippen LogP contribution in [0.4, 0.5) is 13.2 Å². The highest BCUT2D eigenvalue weighted by Crippen LogP contribution is 2.15. The van der Waals surface area contributed by atoms with Crippen molar-refractivity contribution in [2.24, 2.45) is 0 Å². The third kappa shape index (κ3) is 7.58. The van der Waals surface area contributed by atoms with Gasteiger partial charge in [0.05, 0.1) is 0 Å². The van der Waals surface area contributed by atoms with Crippen LogP contribution in [-0.4, -0.2) is 27.8 Å². The van der Waals surface area contributed by atoms with Crippen molar-refractivity contribution in [1.29, 1.82) is 0 Å². The lowest BCUT2D eigenvalue weighted by atomic mass is 10.7. The molecule has 8 heteroatoms. The first-order valence-electron chi connectivity index (χ1n) is 2.81. The minimum Gasteiger partial charge on any atom is -0.239 e. The first-order valence-corrected chi connectivity index (χ1v) is 4.14. The van der Waals surface area contributed by atoms with Gasteiger partial charge in [-0.2, -0.15) is 21.6 Å². The average Bonchev–Trinajstić information content (AvgIpc) is 1.97. The molecule has 0 aromatic carbocycles. The maximum Gasteiger partial charge on any atom is 0.413 e. The van der Waals surface area contributed by atoms with Gasteiger partial charge in [-0.3, -0.25) is 0 Å². The van der Waals surface area contributed by atoms with Gasteiger partial charge in [0.2, 0.25) is 0 Å². The first-order chi connectivity index (χ1) is 5.77. The van der Waals surface area contributed by atoms with Crippen molar-refractivity contribution in [3.63, 3.8) is 0 Å². The second-order valence-electron chi connectivity index (χ2n) is 1.75. The fourth-order valence-electron chi connectivity index (χ4n) is 0.279. The van der Waals surface area contributed by atoms with E-state index in [-0.39, 0.29) is 0 Å². The van der Waals surface area contributed by atoms with E-state index in [1.807, 2.05) is 0 Å². The molecule has 4 nitrogen and oxygen atoms in total. The normalized spacial score (nSPS) is 12.5. The zero-order valence-electron chi connectivity index (χ0n) is 6.17. The summed E-state index contributed by atoms with van der Waals surface area (Å²) in [4.78, 5) is 0. The van der Waals surface area contributed by atoms with Crippen LogP contribution in [-0.2, 0) is 18.8 Å². The van der Waals surface area contributed by atoms with E-state index in [4.69, 9.17) is 0 Å². The van der Waals surface area contributed by atoms with E-state index in [1.165, 1.54) is 0 Å². The number of alkyl halides is 3. The summed E-state index contributed by atoms with van der Waals surface area (Å²) in [5.41, 5.74) is 0. The van der Waals surface area contributed by atoms with Gasteiger partial charge in [0.1, 0.15) is 6.61 Å². The average molecular weight is 218 g/mol. The van der Waals surface area contributed by atoms with Crippen molar-refractivity contribution < 1.29 is 30.0 Å². The molecule has 0 aromatic heterocycles. The lowest BCUT2D eigenvalue weighted by Crippen LogP contribution is -2.21. The Morgan fingerprint density at radius 3 is 2.23 bits per heavy atom. The van der Waals surface area contributed by atoms with Crippen LogP contribution >= 0.6 is 0 Å². The van der Waals surface area contributed by atoms with Crippen LogP contribution < -0.4 is 0 Å². The molecule has 0 rings (SSSR count). The molecule has 0 aromatic rings. The summed E-state index contributed by atoms with van der Waals surface area (Å²) >= 11 is 0. The first kappa shape index (κ1) is 12.2. The van der Waals surface area contributed by atoms with Gasteiger partial charge in [-0.15, -0.1) is 6.42 Å². The summed E-state index contributed by atoms with van der Waals surface area (Å²) < 4.78 is 62.3. The molecular weight excluding hydrogens is 213 g/mol. The number of rotatable bonds is 4. The molecule has 0 spiro atoms. The fraction of sp³-hybridized carbons (Fsp3) is 0.600. The highest BCUT2D eigenvalue weighted by atomic mass is 32.3. The number of terminal acetylenes is 1. The van der Waals surface area contributed by atoms with Gasteiger partial charge >= 0.3 is 16.6 Å². The molecule has 0 unspecified atom stereocenters. The van der Waals surface area contributed by atoms with E-state index in [0.29, 0.717) is 0 Å². The van der Waals surface area contributed by atoms with Crippen molar-refractivity contribution in [1.82, 2.24) is 0 Å². The van der Waals surface area contributed by atoms with Gasteiger partial charge in [-0.05, 0) is 0 Å². The Hall–Kier alpha value is -0.780. The molecule has 0 bridgehead atoms. The molecule has 0 heterocycles. The molecule has 0 aliphatic carbocycles. The molecule has 13 heavy (non-hydrogen) atoms. The Balaban J connectivity index is 4.00. The van der Waals surface area contributed by atoms with Gasteiger partial charge in [0, 0.05) is 0 Å². The Kier molecular flexibility index (Phi) is 4.19. The van der Waals surface area contributed by atoms with E-state index in [2.05, 4.69) is 14.8 Å². The van der Waals surface area contributed by atoms with Gasteiger partial charge in [0.15, 0.2) is 6.61 Å². The van der Waals surface area contributed by atoms with E-state index in [9.17, 15) is 21.6 Å². The summed E-state index contributed by atoms with van der Waals surface area (Å²) in [7, 11) is -4.64. The van der Waals surface area contributed by atoms with Crippen molar-refractivity contribution in [3.8, 4) is 12.3 Å². The summed E-state index contributed by atoms with van der Waals surface area (Å²) in [6, 6.07) is 0. The molecule has 0 radical (unpaired) electrons. The van der Waals surface area contributed by atoms with E-state index < -0.39 is 29.8 Å². The molecule has 0 N–H and O–H groups in total. The summed E-state index contributed by atoms with van der Waals surface area (Å²) in [6.07, 6.45) is -0.129. The second kappa shape index (κ2) is 4.45. The molecule has 0 aliphatic heterocycles. The van der Waals surface area contributed by atoms with Crippen molar-refractivity contribution in [2.45, 2.75) is 6.18 Å². The van der Waals surface area contributed by atoms with Gasteiger partial charge in [-0.25, -0.2) is 8.37 Å². The van der Waals surface area contributed by atoms with Crippen LogP contribution in [0, 0.1) is 12.3 Å². The third-order valence-electron chi connectivity index (χ3n) is 0.654. The van der Waals surface area contributed by atoms with Gasteiger partial charge < -0.3 is 0 Å². The molecule has 0 atom stereocenters. The monoisotopic (exact) mass is 218 g/mol. The van der Waals surface area contributed by atoms with Crippen LogP contribution in [0.25, 0.3) is 0 Å². The van der Waals surface area contributed by atoms with Crippen LogP contribution in [0.15, 0.2) is 0 Å². The van der Waals surface area contributed by atoms with E-state index in [1.54, 1.807) is 5.92 Å². The summed E-state index contributed by atoms with van der Waals surface area (Å²) in [6.45, 7) is -2.60. The predicted octanol–water partition coefficient (Wildman–Crippen LogP) is 0.460. The molecule has 0 amide bonds. The maximum atomic E-state index is 11.4. The van der Waals surface area contributed by atoms with E-state index >= 15 is 0 Å². The number of hydrogen-bond donors (Lipinski definition) is 0. The molecular formula is C5H5F3O4S. The van der Waals surface area contributed by atoms with Crippen LogP contribution in [0.5, 0.6) is 0 Å². The lowest BCUT2D eigenvalue weighted by Gasteiger charge is -2.06. The molecule has 0 saturated heterocycles.